The molecule has 0 aromatic heterocycles. The van der Waals surface area contributed by atoms with Crippen molar-refractivity contribution in [2.24, 2.45) is 0 Å². The lowest BCUT2D eigenvalue weighted by Gasteiger charge is -2.22. The Hall–Kier alpha value is -1.44. The molecule has 0 heterocycles. The third kappa shape index (κ3) is 5.30. The van der Waals surface area contributed by atoms with Crippen molar-refractivity contribution in [3.63, 3.8) is 0 Å². The third-order valence-electron chi connectivity index (χ3n) is 3.95. The summed E-state index contributed by atoms with van der Waals surface area (Å²) in [5.74, 6) is -0.244. The van der Waals surface area contributed by atoms with Gasteiger partial charge in [0.25, 0.3) is 5.91 Å². The van der Waals surface area contributed by atoms with Gasteiger partial charge in [0, 0.05) is 25.3 Å². The maximum absolute atomic E-state index is 12.4. The zero-order valence-electron chi connectivity index (χ0n) is 13.4. The van der Waals surface area contributed by atoms with Gasteiger partial charge in [-0.15, -0.1) is 0 Å². The van der Waals surface area contributed by atoms with Crippen LogP contribution in [0, 0.1) is 0 Å². The SMILES string of the molecule is COCCNC(=O)c1ccc(S(=O)(=O)NC2CCCCC2)cc1. The molecule has 1 saturated carbocycles. The average molecular weight is 340 g/mol. The molecule has 0 atom stereocenters. The van der Waals surface area contributed by atoms with Crippen molar-refractivity contribution < 1.29 is 17.9 Å². The fourth-order valence-electron chi connectivity index (χ4n) is 2.66. The van der Waals surface area contributed by atoms with Crippen LogP contribution in [0.25, 0.3) is 0 Å². The van der Waals surface area contributed by atoms with E-state index in [-0.39, 0.29) is 16.8 Å². The van der Waals surface area contributed by atoms with Crippen LogP contribution in [0.4, 0.5) is 0 Å². The van der Waals surface area contributed by atoms with Crippen LogP contribution in [0.15, 0.2) is 29.2 Å². The van der Waals surface area contributed by atoms with Crippen LogP contribution in [0.5, 0.6) is 0 Å². The number of ether oxygens (including phenoxy) is 1. The largest absolute Gasteiger partial charge is 0.383 e. The lowest BCUT2D eigenvalue weighted by molar-refractivity contribution is 0.0937. The lowest BCUT2D eigenvalue weighted by atomic mass is 9.96. The minimum atomic E-state index is -3.52. The molecule has 0 bridgehead atoms. The number of nitrogens with one attached hydrogen (secondary N) is 2. The Balaban J connectivity index is 1.98. The second-order valence-electron chi connectivity index (χ2n) is 5.73. The van der Waals surface area contributed by atoms with Crippen molar-refractivity contribution >= 4 is 15.9 Å². The fraction of sp³-hybridized carbons (Fsp3) is 0.562. The fourth-order valence-corrected chi connectivity index (χ4v) is 3.97. The zero-order valence-corrected chi connectivity index (χ0v) is 14.2. The topological polar surface area (TPSA) is 84.5 Å². The van der Waals surface area contributed by atoms with E-state index < -0.39 is 10.0 Å². The summed E-state index contributed by atoms with van der Waals surface area (Å²) in [4.78, 5) is 12.1. The predicted octanol–water partition coefficient (Wildman–Crippen LogP) is 1.67. The summed E-state index contributed by atoms with van der Waals surface area (Å²) in [6.07, 6.45) is 5.07. The van der Waals surface area contributed by atoms with Gasteiger partial charge >= 0.3 is 0 Å². The molecule has 1 aromatic carbocycles. The molecule has 0 aliphatic heterocycles. The molecule has 1 aromatic rings. The van der Waals surface area contributed by atoms with Crippen molar-refractivity contribution in [2.75, 3.05) is 20.3 Å². The number of hydrogen-bond donors (Lipinski definition) is 2. The van der Waals surface area contributed by atoms with E-state index in [1.165, 1.54) is 30.7 Å². The second-order valence-corrected chi connectivity index (χ2v) is 7.44. The van der Waals surface area contributed by atoms with Crippen molar-refractivity contribution in [1.82, 2.24) is 10.0 Å². The van der Waals surface area contributed by atoms with Crippen LogP contribution in [-0.2, 0) is 14.8 Å². The normalized spacial score (nSPS) is 16.2. The van der Waals surface area contributed by atoms with Crippen molar-refractivity contribution in [1.29, 1.82) is 0 Å². The van der Waals surface area contributed by atoms with Gasteiger partial charge in [-0.05, 0) is 37.1 Å². The number of carbonyl (C=O) groups is 1. The van der Waals surface area contributed by atoms with E-state index in [0.29, 0.717) is 18.7 Å². The summed E-state index contributed by atoms with van der Waals surface area (Å²) in [7, 11) is -1.96. The molecule has 0 radical (unpaired) electrons. The second kappa shape index (κ2) is 8.42. The van der Waals surface area contributed by atoms with Gasteiger partial charge < -0.3 is 10.1 Å². The van der Waals surface area contributed by atoms with Gasteiger partial charge in [0.05, 0.1) is 11.5 Å². The Kier molecular flexibility index (Phi) is 6.56. The Morgan fingerprint density at radius 1 is 1.17 bits per heavy atom. The first-order valence-corrected chi connectivity index (χ1v) is 9.41. The van der Waals surface area contributed by atoms with E-state index >= 15 is 0 Å². The highest BCUT2D eigenvalue weighted by Crippen LogP contribution is 2.20. The Morgan fingerprint density at radius 2 is 1.83 bits per heavy atom. The zero-order chi connectivity index (χ0) is 16.7. The highest BCUT2D eigenvalue weighted by Gasteiger charge is 2.21. The van der Waals surface area contributed by atoms with Gasteiger partial charge in [0.15, 0.2) is 0 Å². The molecule has 0 spiro atoms. The molecule has 7 heteroatoms. The van der Waals surface area contributed by atoms with E-state index in [2.05, 4.69) is 10.0 Å². The van der Waals surface area contributed by atoms with Crippen molar-refractivity contribution in [3.05, 3.63) is 29.8 Å². The molecule has 0 unspecified atom stereocenters. The number of benzene rings is 1. The summed E-state index contributed by atoms with van der Waals surface area (Å²) >= 11 is 0. The molecule has 2 N–H and O–H groups in total. The Bertz CT molecular complexity index is 607. The quantitative estimate of drug-likeness (QED) is 0.740. The highest BCUT2D eigenvalue weighted by molar-refractivity contribution is 7.89. The van der Waals surface area contributed by atoms with Crippen LogP contribution < -0.4 is 10.0 Å². The summed E-state index contributed by atoms with van der Waals surface area (Å²) in [6, 6.07) is 6.01. The smallest absolute Gasteiger partial charge is 0.251 e. The predicted molar refractivity (Wildman–Crippen MR) is 87.8 cm³/mol. The van der Waals surface area contributed by atoms with Crippen LogP contribution in [0.1, 0.15) is 42.5 Å². The molecule has 2 rings (SSSR count). The summed E-state index contributed by atoms with van der Waals surface area (Å²) in [6.45, 7) is 0.849. The van der Waals surface area contributed by atoms with Crippen LogP contribution >= 0.6 is 0 Å². The average Bonchev–Trinajstić information content (AvgIpc) is 2.55. The first kappa shape index (κ1) is 17.9. The van der Waals surface area contributed by atoms with Crippen LogP contribution in [0.2, 0.25) is 0 Å². The summed E-state index contributed by atoms with van der Waals surface area (Å²) in [5.41, 5.74) is 0.428. The molecule has 1 aliphatic rings. The number of methoxy groups -OCH3 is 1. The van der Waals surface area contributed by atoms with Gasteiger partial charge in [0.1, 0.15) is 0 Å². The van der Waals surface area contributed by atoms with Crippen LogP contribution in [-0.4, -0.2) is 40.6 Å². The number of sulfonamides is 1. The van der Waals surface area contributed by atoms with E-state index in [4.69, 9.17) is 4.74 Å². The molecular formula is C16H24N2O4S. The molecule has 1 amide bonds. The minimum absolute atomic E-state index is 0.0192. The number of carbonyl (C=O) groups excluding carboxylic acids is 1. The van der Waals surface area contributed by atoms with Crippen molar-refractivity contribution in [2.45, 2.75) is 43.0 Å². The van der Waals surface area contributed by atoms with Gasteiger partial charge in [-0.25, -0.2) is 13.1 Å². The van der Waals surface area contributed by atoms with Gasteiger partial charge in [0.2, 0.25) is 10.0 Å². The summed E-state index contributed by atoms with van der Waals surface area (Å²) in [5, 5.41) is 2.69. The van der Waals surface area contributed by atoms with E-state index in [1.54, 1.807) is 7.11 Å². The first-order valence-electron chi connectivity index (χ1n) is 7.92. The highest BCUT2D eigenvalue weighted by atomic mass is 32.2. The Morgan fingerprint density at radius 3 is 2.43 bits per heavy atom. The molecule has 6 nitrogen and oxygen atoms in total. The molecule has 23 heavy (non-hydrogen) atoms. The van der Waals surface area contributed by atoms with E-state index in [1.807, 2.05) is 0 Å². The third-order valence-corrected chi connectivity index (χ3v) is 5.48. The van der Waals surface area contributed by atoms with Crippen LogP contribution in [0.3, 0.4) is 0 Å². The van der Waals surface area contributed by atoms with Gasteiger partial charge in [-0.1, -0.05) is 19.3 Å². The van der Waals surface area contributed by atoms with Gasteiger partial charge in [-0.2, -0.15) is 0 Å². The monoisotopic (exact) mass is 340 g/mol. The first-order chi connectivity index (χ1) is 11.0. The maximum atomic E-state index is 12.4. The van der Waals surface area contributed by atoms with Crippen molar-refractivity contribution in [3.8, 4) is 0 Å². The number of rotatable bonds is 7. The van der Waals surface area contributed by atoms with E-state index in [9.17, 15) is 13.2 Å². The molecular weight excluding hydrogens is 316 g/mol. The molecule has 1 aliphatic carbocycles. The minimum Gasteiger partial charge on any atom is -0.383 e. The number of amides is 1. The molecule has 128 valence electrons. The maximum Gasteiger partial charge on any atom is 0.251 e. The Labute approximate surface area is 137 Å². The van der Waals surface area contributed by atoms with Gasteiger partial charge in [-0.3, -0.25) is 4.79 Å². The number of hydrogen-bond acceptors (Lipinski definition) is 4. The lowest BCUT2D eigenvalue weighted by Crippen LogP contribution is -2.36. The van der Waals surface area contributed by atoms with E-state index in [0.717, 1.165) is 25.7 Å². The molecule has 0 saturated heterocycles. The molecule has 1 fully saturated rings. The standard InChI is InChI=1S/C16H24N2O4S/c1-22-12-11-17-16(19)13-7-9-15(10-8-13)23(20,21)18-14-5-3-2-4-6-14/h7-10,14,18H,2-6,11-12H2,1H3,(H,17,19). The summed E-state index contributed by atoms with van der Waals surface area (Å²) < 4.78 is 32.3.